The molecule has 3 aliphatic rings. The van der Waals surface area contributed by atoms with E-state index >= 15 is 0 Å². The first kappa shape index (κ1) is 13.9. The Balaban J connectivity index is 1.59. The lowest BCUT2D eigenvalue weighted by Crippen LogP contribution is -2.46. The van der Waals surface area contributed by atoms with E-state index in [0.717, 1.165) is 31.7 Å². The molecule has 0 N–H and O–H groups in total. The van der Waals surface area contributed by atoms with Crippen molar-refractivity contribution in [1.82, 2.24) is 4.90 Å². The maximum absolute atomic E-state index is 12.7. The largest absolute Gasteiger partial charge is 0.466 e. The van der Waals surface area contributed by atoms with Gasteiger partial charge in [0.2, 0.25) is 5.91 Å². The summed E-state index contributed by atoms with van der Waals surface area (Å²) in [7, 11) is 0. The first-order chi connectivity index (χ1) is 9.69. The van der Waals surface area contributed by atoms with E-state index in [9.17, 15) is 9.59 Å². The second kappa shape index (κ2) is 5.74. The number of esters is 1. The third kappa shape index (κ3) is 2.57. The molecule has 2 aliphatic carbocycles. The quantitative estimate of drug-likeness (QED) is 0.744. The van der Waals surface area contributed by atoms with Gasteiger partial charge in [-0.25, -0.2) is 0 Å². The monoisotopic (exact) mass is 279 g/mol. The minimum atomic E-state index is -0.127. The fourth-order valence-corrected chi connectivity index (χ4v) is 4.41. The van der Waals surface area contributed by atoms with Gasteiger partial charge < -0.3 is 9.64 Å². The van der Waals surface area contributed by atoms with Crippen LogP contribution in [0.4, 0.5) is 0 Å². The van der Waals surface area contributed by atoms with Crippen LogP contribution in [-0.2, 0) is 14.3 Å². The van der Waals surface area contributed by atoms with Crippen molar-refractivity contribution in [2.45, 2.75) is 45.4 Å². The lowest BCUT2D eigenvalue weighted by atomic mass is 9.86. The van der Waals surface area contributed by atoms with Crippen LogP contribution in [-0.4, -0.2) is 36.5 Å². The number of hydrogen-bond acceptors (Lipinski definition) is 3. The van der Waals surface area contributed by atoms with Gasteiger partial charge in [-0.15, -0.1) is 0 Å². The van der Waals surface area contributed by atoms with Gasteiger partial charge in [-0.3, -0.25) is 9.59 Å². The van der Waals surface area contributed by atoms with Crippen LogP contribution >= 0.6 is 0 Å². The van der Waals surface area contributed by atoms with Crippen molar-refractivity contribution in [2.24, 2.45) is 23.7 Å². The molecule has 0 radical (unpaired) electrons. The summed E-state index contributed by atoms with van der Waals surface area (Å²) in [4.78, 5) is 26.5. The average molecular weight is 279 g/mol. The standard InChI is InChI=1S/C16H25NO3/c1-2-20-16(19)13-4-3-7-17(10-13)15(18)14-9-11-5-6-12(14)8-11/h11-14H,2-10H2,1H3/t11-,12-,13-,14-/m1/s1. The molecule has 0 aromatic rings. The van der Waals surface area contributed by atoms with Gasteiger partial charge in [0.05, 0.1) is 12.5 Å². The number of likely N-dealkylation sites (tertiary alicyclic amines) is 1. The molecule has 0 spiro atoms. The molecule has 2 bridgehead atoms. The molecule has 2 saturated carbocycles. The van der Waals surface area contributed by atoms with Crippen LogP contribution in [0, 0.1) is 23.7 Å². The fraction of sp³-hybridized carbons (Fsp3) is 0.875. The molecule has 1 heterocycles. The summed E-state index contributed by atoms with van der Waals surface area (Å²) < 4.78 is 5.11. The van der Waals surface area contributed by atoms with E-state index in [2.05, 4.69) is 0 Å². The van der Waals surface area contributed by atoms with E-state index in [1.54, 1.807) is 0 Å². The Morgan fingerprint density at radius 3 is 2.70 bits per heavy atom. The topological polar surface area (TPSA) is 46.6 Å². The summed E-state index contributed by atoms with van der Waals surface area (Å²) in [6, 6.07) is 0. The number of amides is 1. The predicted molar refractivity (Wildman–Crippen MR) is 74.9 cm³/mol. The second-order valence-corrected chi connectivity index (χ2v) is 6.66. The molecule has 3 rings (SSSR count). The van der Waals surface area contributed by atoms with Crippen molar-refractivity contribution in [1.29, 1.82) is 0 Å². The number of rotatable bonds is 3. The molecular formula is C16H25NO3. The minimum absolute atomic E-state index is 0.105. The lowest BCUT2D eigenvalue weighted by Gasteiger charge is -2.35. The highest BCUT2D eigenvalue weighted by atomic mass is 16.5. The number of ether oxygens (including phenoxy) is 1. The summed E-state index contributed by atoms with van der Waals surface area (Å²) >= 11 is 0. The predicted octanol–water partition coefficient (Wildman–Crippen LogP) is 2.22. The normalized spacial score (nSPS) is 36.1. The van der Waals surface area contributed by atoms with Gasteiger partial charge in [-0.2, -0.15) is 0 Å². The van der Waals surface area contributed by atoms with Crippen molar-refractivity contribution in [3.05, 3.63) is 0 Å². The van der Waals surface area contributed by atoms with E-state index in [4.69, 9.17) is 4.74 Å². The second-order valence-electron chi connectivity index (χ2n) is 6.66. The highest BCUT2D eigenvalue weighted by Gasteiger charge is 2.45. The first-order valence-corrected chi connectivity index (χ1v) is 8.14. The molecule has 4 atom stereocenters. The van der Waals surface area contributed by atoms with Crippen molar-refractivity contribution >= 4 is 11.9 Å². The van der Waals surface area contributed by atoms with Crippen LogP contribution in [0.15, 0.2) is 0 Å². The SMILES string of the molecule is CCOC(=O)[C@@H]1CCCN(C(=O)[C@@H]2C[C@@H]3CC[C@@H]2C3)C1. The van der Waals surface area contributed by atoms with Gasteiger partial charge in [0, 0.05) is 19.0 Å². The highest BCUT2D eigenvalue weighted by molar-refractivity contribution is 5.81. The molecule has 0 aromatic heterocycles. The van der Waals surface area contributed by atoms with E-state index in [1.807, 2.05) is 11.8 Å². The molecule has 0 aromatic carbocycles. The maximum atomic E-state index is 12.7. The molecule has 112 valence electrons. The average Bonchev–Trinajstić information content (AvgIpc) is 3.09. The zero-order valence-corrected chi connectivity index (χ0v) is 12.3. The van der Waals surface area contributed by atoms with Gasteiger partial charge in [0.1, 0.15) is 0 Å². The first-order valence-electron chi connectivity index (χ1n) is 8.14. The Labute approximate surface area is 120 Å². The molecule has 4 nitrogen and oxygen atoms in total. The Morgan fingerprint density at radius 2 is 2.05 bits per heavy atom. The Morgan fingerprint density at radius 1 is 1.20 bits per heavy atom. The summed E-state index contributed by atoms with van der Waals surface area (Å²) in [5.41, 5.74) is 0. The molecule has 1 aliphatic heterocycles. The molecule has 1 amide bonds. The van der Waals surface area contributed by atoms with Gasteiger partial charge in [-0.1, -0.05) is 6.42 Å². The van der Waals surface area contributed by atoms with Gasteiger partial charge in [-0.05, 0) is 50.9 Å². The van der Waals surface area contributed by atoms with Crippen molar-refractivity contribution < 1.29 is 14.3 Å². The third-order valence-electron chi connectivity index (χ3n) is 5.41. The fourth-order valence-electron chi connectivity index (χ4n) is 4.41. The number of hydrogen-bond donors (Lipinski definition) is 0. The van der Waals surface area contributed by atoms with E-state index in [-0.39, 0.29) is 17.8 Å². The Hall–Kier alpha value is -1.06. The number of carbonyl (C=O) groups excluding carboxylic acids is 2. The van der Waals surface area contributed by atoms with Crippen LogP contribution in [0.2, 0.25) is 0 Å². The van der Waals surface area contributed by atoms with Gasteiger partial charge in [0.15, 0.2) is 0 Å². The summed E-state index contributed by atoms with van der Waals surface area (Å²) in [5, 5.41) is 0. The van der Waals surface area contributed by atoms with Crippen molar-refractivity contribution in [2.75, 3.05) is 19.7 Å². The van der Waals surface area contributed by atoms with Crippen LogP contribution in [0.5, 0.6) is 0 Å². The van der Waals surface area contributed by atoms with Crippen molar-refractivity contribution in [3.63, 3.8) is 0 Å². The van der Waals surface area contributed by atoms with Gasteiger partial charge in [0.25, 0.3) is 0 Å². The highest BCUT2D eigenvalue weighted by Crippen LogP contribution is 2.49. The smallest absolute Gasteiger partial charge is 0.310 e. The maximum Gasteiger partial charge on any atom is 0.310 e. The molecule has 0 unspecified atom stereocenters. The van der Waals surface area contributed by atoms with Crippen LogP contribution < -0.4 is 0 Å². The lowest BCUT2D eigenvalue weighted by molar-refractivity contribution is -0.152. The van der Waals surface area contributed by atoms with E-state index in [1.165, 1.54) is 19.3 Å². The van der Waals surface area contributed by atoms with Crippen LogP contribution in [0.1, 0.15) is 45.4 Å². The molecule has 3 fully saturated rings. The zero-order chi connectivity index (χ0) is 14.1. The van der Waals surface area contributed by atoms with Gasteiger partial charge >= 0.3 is 5.97 Å². The number of carbonyl (C=O) groups is 2. The molecule has 1 saturated heterocycles. The molecule has 20 heavy (non-hydrogen) atoms. The number of piperidine rings is 1. The van der Waals surface area contributed by atoms with E-state index < -0.39 is 0 Å². The van der Waals surface area contributed by atoms with Crippen LogP contribution in [0.3, 0.4) is 0 Å². The Bertz CT molecular complexity index is 395. The summed E-state index contributed by atoms with van der Waals surface area (Å²) in [6.45, 7) is 3.66. The summed E-state index contributed by atoms with van der Waals surface area (Å²) in [5.74, 6) is 1.74. The van der Waals surface area contributed by atoms with E-state index in [0.29, 0.717) is 25.0 Å². The number of nitrogens with zero attached hydrogens (tertiary/aromatic N) is 1. The summed E-state index contributed by atoms with van der Waals surface area (Å²) in [6.07, 6.45) is 6.68. The zero-order valence-electron chi connectivity index (χ0n) is 12.3. The molecule has 4 heteroatoms. The van der Waals surface area contributed by atoms with Crippen molar-refractivity contribution in [3.8, 4) is 0 Å². The number of fused-ring (bicyclic) bond motifs is 2. The minimum Gasteiger partial charge on any atom is -0.466 e. The van der Waals surface area contributed by atoms with Crippen LogP contribution in [0.25, 0.3) is 0 Å². The Kier molecular flexibility index (Phi) is 3.99. The third-order valence-corrected chi connectivity index (χ3v) is 5.41. The molecular weight excluding hydrogens is 254 g/mol.